The van der Waals surface area contributed by atoms with Crippen LogP contribution in [0.4, 0.5) is 5.95 Å². The van der Waals surface area contributed by atoms with Gasteiger partial charge < -0.3 is 9.80 Å². The lowest BCUT2D eigenvalue weighted by Crippen LogP contribution is -2.51. The van der Waals surface area contributed by atoms with Gasteiger partial charge >= 0.3 is 0 Å². The number of nitrogens with zero attached hydrogens (tertiary/aromatic N) is 5. The third-order valence-corrected chi connectivity index (χ3v) is 4.30. The molecule has 0 bridgehead atoms. The molecule has 24 heavy (non-hydrogen) atoms. The van der Waals surface area contributed by atoms with E-state index in [2.05, 4.69) is 19.8 Å². The van der Waals surface area contributed by atoms with E-state index in [0.717, 1.165) is 37.7 Å². The number of carbonyl (C=O) groups is 1. The average Bonchev–Trinajstić information content (AvgIpc) is 2.64. The molecule has 2 heterocycles. The number of hydrogen-bond acceptors (Lipinski definition) is 5. The number of hydrogen-bond donors (Lipinski definition) is 0. The van der Waals surface area contributed by atoms with E-state index in [1.165, 1.54) is 0 Å². The zero-order chi connectivity index (χ0) is 16.9. The van der Waals surface area contributed by atoms with Crippen LogP contribution in [0, 0.1) is 0 Å². The van der Waals surface area contributed by atoms with Crippen molar-refractivity contribution in [2.45, 2.75) is 6.04 Å². The van der Waals surface area contributed by atoms with E-state index in [1.807, 2.05) is 50.5 Å². The summed E-state index contributed by atoms with van der Waals surface area (Å²) in [5, 5.41) is 0. The summed E-state index contributed by atoms with van der Waals surface area (Å²) < 4.78 is 0. The number of aromatic nitrogens is 2. The van der Waals surface area contributed by atoms with Crippen LogP contribution in [0.25, 0.3) is 0 Å². The third-order valence-electron chi connectivity index (χ3n) is 4.30. The summed E-state index contributed by atoms with van der Waals surface area (Å²) in [6.07, 6.45) is 3.52. The first-order valence-electron chi connectivity index (χ1n) is 8.19. The Morgan fingerprint density at radius 2 is 1.62 bits per heavy atom. The summed E-state index contributed by atoms with van der Waals surface area (Å²) in [6.45, 7) is 3.23. The van der Waals surface area contributed by atoms with Crippen LogP contribution >= 0.6 is 0 Å². The van der Waals surface area contributed by atoms with E-state index in [-0.39, 0.29) is 11.9 Å². The van der Waals surface area contributed by atoms with E-state index >= 15 is 0 Å². The van der Waals surface area contributed by atoms with Crippen LogP contribution in [0.3, 0.4) is 0 Å². The van der Waals surface area contributed by atoms with E-state index in [1.54, 1.807) is 17.3 Å². The number of piperazine rings is 1. The predicted octanol–water partition coefficient (Wildman–Crippen LogP) is 1.43. The van der Waals surface area contributed by atoms with Crippen LogP contribution in [0.5, 0.6) is 0 Å². The molecule has 1 aromatic carbocycles. The van der Waals surface area contributed by atoms with E-state index in [9.17, 15) is 4.79 Å². The van der Waals surface area contributed by atoms with Gasteiger partial charge in [-0.15, -0.1) is 0 Å². The molecule has 1 aliphatic heterocycles. The number of rotatable bonds is 4. The van der Waals surface area contributed by atoms with Gasteiger partial charge in [-0.25, -0.2) is 9.97 Å². The van der Waals surface area contributed by atoms with Crippen molar-refractivity contribution in [2.75, 3.05) is 45.2 Å². The fraction of sp³-hybridized carbons (Fsp3) is 0.389. The second-order valence-corrected chi connectivity index (χ2v) is 6.12. The summed E-state index contributed by atoms with van der Waals surface area (Å²) in [6, 6.07) is 11.6. The molecule has 0 radical (unpaired) electrons. The smallest absolute Gasteiger partial charge is 0.244 e. The second kappa shape index (κ2) is 7.40. The quantitative estimate of drug-likeness (QED) is 0.851. The van der Waals surface area contributed by atoms with Crippen LogP contribution in [-0.4, -0.2) is 65.9 Å². The van der Waals surface area contributed by atoms with Crippen molar-refractivity contribution in [2.24, 2.45) is 0 Å². The molecule has 1 fully saturated rings. The molecule has 0 aliphatic carbocycles. The van der Waals surface area contributed by atoms with Crippen LogP contribution in [-0.2, 0) is 4.79 Å². The fourth-order valence-electron chi connectivity index (χ4n) is 3.02. The van der Waals surface area contributed by atoms with Gasteiger partial charge in [0.05, 0.1) is 0 Å². The first-order valence-corrected chi connectivity index (χ1v) is 8.19. The molecule has 1 aliphatic rings. The van der Waals surface area contributed by atoms with Crippen LogP contribution in [0.2, 0.25) is 0 Å². The van der Waals surface area contributed by atoms with E-state index < -0.39 is 0 Å². The zero-order valence-corrected chi connectivity index (χ0v) is 14.2. The molecule has 6 heteroatoms. The first-order chi connectivity index (χ1) is 11.7. The third kappa shape index (κ3) is 3.54. The molecular weight excluding hydrogens is 302 g/mol. The van der Waals surface area contributed by atoms with Crippen LogP contribution < -0.4 is 4.90 Å². The van der Waals surface area contributed by atoms with E-state index in [4.69, 9.17) is 0 Å². The monoisotopic (exact) mass is 325 g/mol. The van der Waals surface area contributed by atoms with Gasteiger partial charge in [0.1, 0.15) is 6.04 Å². The molecule has 0 unspecified atom stereocenters. The maximum atomic E-state index is 12.7. The number of likely N-dealkylation sites (N-methyl/N-ethyl adjacent to an activating group) is 1. The van der Waals surface area contributed by atoms with Gasteiger partial charge in [0, 0.05) is 52.7 Å². The van der Waals surface area contributed by atoms with Gasteiger partial charge in [-0.3, -0.25) is 9.69 Å². The highest BCUT2D eigenvalue weighted by Crippen LogP contribution is 2.24. The molecule has 2 aromatic rings. The molecule has 3 rings (SSSR count). The average molecular weight is 325 g/mol. The molecule has 0 spiro atoms. The molecular formula is C18H23N5O. The second-order valence-electron chi connectivity index (χ2n) is 6.12. The minimum atomic E-state index is -0.236. The largest absolute Gasteiger partial charge is 0.347 e. The number of amides is 1. The fourth-order valence-corrected chi connectivity index (χ4v) is 3.02. The molecule has 0 saturated carbocycles. The van der Waals surface area contributed by atoms with Crippen molar-refractivity contribution in [3.05, 3.63) is 54.4 Å². The van der Waals surface area contributed by atoms with Gasteiger partial charge in [0.25, 0.3) is 0 Å². The minimum absolute atomic E-state index is 0.116. The lowest BCUT2D eigenvalue weighted by Gasteiger charge is -2.39. The highest BCUT2D eigenvalue weighted by molar-refractivity contribution is 5.82. The van der Waals surface area contributed by atoms with Crippen LogP contribution in [0.15, 0.2) is 48.8 Å². The SMILES string of the molecule is CN(C)C(=O)[C@H](c1ccccc1)N1CCN(c2ncccn2)CC1. The number of carbonyl (C=O) groups excluding carboxylic acids is 1. The summed E-state index contributed by atoms with van der Waals surface area (Å²) in [5.74, 6) is 0.873. The number of anilines is 1. The topological polar surface area (TPSA) is 52.6 Å². The van der Waals surface area contributed by atoms with Crippen LogP contribution in [0.1, 0.15) is 11.6 Å². The van der Waals surface area contributed by atoms with Crippen molar-refractivity contribution in [3.8, 4) is 0 Å². The molecule has 1 saturated heterocycles. The maximum Gasteiger partial charge on any atom is 0.244 e. The lowest BCUT2D eigenvalue weighted by atomic mass is 10.0. The van der Waals surface area contributed by atoms with E-state index in [0.29, 0.717) is 0 Å². The molecule has 1 aromatic heterocycles. The molecule has 6 nitrogen and oxygen atoms in total. The van der Waals surface area contributed by atoms with Crippen molar-refractivity contribution < 1.29 is 4.79 Å². The predicted molar refractivity (Wildman–Crippen MR) is 93.7 cm³/mol. The Morgan fingerprint density at radius 3 is 2.21 bits per heavy atom. The Kier molecular flexibility index (Phi) is 5.05. The molecule has 126 valence electrons. The Bertz CT molecular complexity index is 654. The van der Waals surface area contributed by atoms with Gasteiger partial charge in [-0.05, 0) is 11.6 Å². The first kappa shape index (κ1) is 16.4. The highest BCUT2D eigenvalue weighted by Gasteiger charge is 2.31. The maximum absolute atomic E-state index is 12.7. The summed E-state index contributed by atoms with van der Waals surface area (Å²) in [7, 11) is 3.62. The highest BCUT2D eigenvalue weighted by atomic mass is 16.2. The Morgan fingerprint density at radius 1 is 1.00 bits per heavy atom. The molecule has 1 atom stereocenters. The van der Waals surface area contributed by atoms with Crippen molar-refractivity contribution in [1.82, 2.24) is 19.8 Å². The molecule has 1 amide bonds. The zero-order valence-electron chi connectivity index (χ0n) is 14.2. The minimum Gasteiger partial charge on any atom is -0.347 e. The van der Waals surface area contributed by atoms with Gasteiger partial charge in [0.2, 0.25) is 11.9 Å². The van der Waals surface area contributed by atoms with Crippen molar-refractivity contribution in [3.63, 3.8) is 0 Å². The lowest BCUT2D eigenvalue weighted by molar-refractivity contribution is -0.134. The summed E-state index contributed by atoms with van der Waals surface area (Å²) >= 11 is 0. The van der Waals surface area contributed by atoms with Crippen molar-refractivity contribution >= 4 is 11.9 Å². The summed E-state index contributed by atoms with van der Waals surface area (Å²) in [5.41, 5.74) is 1.04. The Labute approximate surface area is 142 Å². The molecule has 0 N–H and O–H groups in total. The Hall–Kier alpha value is -2.47. The number of benzene rings is 1. The van der Waals surface area contributed by atoms with Gasteiger partial charge in [-0.2, -0.15) is 0 Å². The normalized spacial score (nSPS) is 16.7. The van der Waals surface area contributed by atoms with Gasteiger partial charge in [0.15, 0.2) is 0 Å². The summed E-state index contributed by atoms with van der Waals surface area (Å²) in [4.78, 5) is 27.5. The standard InChI is InChI=1S/C18H23N5O/c1-21(2)17(24)16(15-7-4-3-5-8-15)22-11-13-23(14-12-22)18-19-9-6-10-20-18/h3-10,16H,11-14H2,1-2H3/t16-/m0/s1. The van der Waals surface area contributed by atoms with Crippen molar-refractivity contribution in [1.29, 1.82) is 0 Å². The Balaban J connectivity index is 1.75. The van der Waals surface area contributed by atoms with Gasteiger partial charge in [-0.1, -0.05) is 30.3 Å².